The van der Waals surface area contributed by atoms with E-state index in [1.807, 2.05) is 44.2 Å². The van der Waals surface area contributed by atoms with E-state index in [9.17, 15) is 4.79 Å². The molecule has 1 unspecified atom stereocenters. The van der Waals surface area contributed by atoms with Crippen molar-refractivity contribution in [3.8, 4) is 0 Å². The topological polar surface area (TPSA) is 50.4 Å². The predicted molar refractivity (Wildman–Crippen MR) is 67.1 cm³/mol. The highest BCUT2D eigenvalue weighted by Crippen LogP contribution is 1.98. The lowest BCUT2D eigenvalue weighted by atomic mass is 10.2. The van der Waals surface area contributed by atoms with Crippen molar-refractivity contribution in [2.45, 2.75) is 32.9 Å². The Morgan fingerprint density at radius 3 is 2.71 bits per heavy atom. The summed E-state index contributed by atoms with van der Waals surface area (Å²) in [6.45, 7) is 4.64. The molecule has 1 aromatic rings. The second-order valence-electron chi connectivity index (χ2n) is 3.97. The molecule has 0 bridgehead atoms. The van der Waals surface area contributed by atoms with E-state index in [4.69, 9.17) is 4.84 Å². The van der Waals surface area contributed by atoms with E-state index in [0.29, 0.717) is 6.61 Å². The number of rotatable bonds is 7. The SMILES string of the molecule is CCC(C)NC(=O)CNOCc1ccccc1. The molecule has 0 spiro atoms. The van der Waals surface area contributed by atoms with E-state index in [2.05, 4.69) is 10.8 Å². The van der Waals surface area contributed by atoms with Gasteiger partial charge in [-0.2, -0.15) is 5.48 Å². The molecule has 1 aromatic carbocycles. The third kappa shape index (κ3) is 6.04. The van der Waals surface area contributed by atoms with Crippen LogP contribution in [0.1, 0.15) is 25.8 Å². The first-order valence-corrected chi connectivity index (χ1v) is 5.90. The molecule has 1 amide bonds. The summed E-state index contributed by atoms with van der Waals surface area (Å²) in [7, 11) is 0. The summed E-state index contributed by atoms with van der Waals surface area (Å²) < 4.78 is 0. The third-order valence-corrected chi connectivity index (χ3v) is 2.44. The van der Waals surface area contributed by atoms with Crippen molar-refractivity contribution in [1.82, 2.24) is 10.8 Å². The van der Waals surface area contributed by atoms with Crippen molar-refractivity contribution >= 4 is 5.91 Å². The molecule has 1 rings (SSSR count). The highest BCUT2D eigenvalue weighted by Gasteiger charge is 2.04. The number of hydrogen-bond donors (Lipinski definition) is 2. The summed E-state index contributed by atoms with van der Waals surface area (Å²) >= 11 is 0. The summed E-state index contributed by atoms with van der Waals surface area (Å²) in [6, 6.07) is 10.0. The second-order valence-corrected chi connectivity index (χ2v) is 3.97. The smallest absolute Gasteiger partial charge is 0.236 e. The minimum Gasteiger partial charge on any atom is -0.352 e. The molecule has 94 valence electrons. The summed E-state index contributed by atoms with van der Waals surface area (Å²) in [5.74, 6) is -0.0487. The third-order valence-electron chi connectivity index (χ3n) is 2.44. The normalized spacial score (nSPS) is 12.1. The summed E-state index contributed by atoms with van der Waals surface area (Å²) in [5.41, 5.74) is 3.72. The Hall–Kier alpha value is -1.39. The Kier molecular flexibility index (Phi) is 6.29. The van der Waals surface area contributed by atoms with Gasteiger partial charge in [0.25, 0.3) is 0 Å². The molecule has 0 aliphatic carbocycles. The first-order valence-electron chi connectivity index (χ1n) is 5.90. The van der Waals surface area contributed by atoms with E-state index >= 15 is 0 Å². The molecule has 2 N–H and O–H groups in total. The Labute approximate surface area is 102 Å². The van der Waals surface area contributed by atoms with Gasteiger partial charge < -0.3 is 5.32 Å². The maximum atomic E-state index is 11.4. The van der Waals surface area contributed by atoms with Crippen LogP contribution in [0.5, 0.6) is 0 Å². The van der Waals surface area contributed by atoms with E-state index in [-0.39, 0.29) is 18.5 Å². The minimum absolute atomic E-state index is 0.0487. The van der Waals surface area contributed by atoms with E-state index < -0.39 is 0 Å². The van der Waals surface area contributed by atoms with E-state index in [0.717, 1.165) is 12.0 Å². The number of carbonyl (C=O) groups excluding carboxylic acids is 1. The van der Waals surface area contributed by atoms with Gasteiger partial charge in [0.2, 0.25) is 5.91 Å². The zero-order valence-corrected chi connectivity index (χ0v) is 10.4. The molecule has 0 fully saturated rings. The molecule has 0 aliphatic rings. The molecule has 17 heavy (non-hydrogen) atoms. The first-order chi connectivity index (χ1) is 8.22. The average molecular weight is 236 g/mol. The van der Waals surface area contributed by atoms with Crippen LogP contribution < -0.4 is 10.8 Å². The highest BCUT2D eigenvalue weighted by molar-refractivity contribution is 5.78. The van der Waals surface area contributed by atoms with E-state index in [1.54, 1.807) is 0 Å². The van der Waals surface area contributed by atoms with Gasteiger partial charge in [-0.1, -0.05) is 37.3 Å². The maximum Gasteiger partial charge on any atom is 0.236 e. The van der Waals surface area contributed by atoms with Crippen LogP contribution in [0.2, 0.25) is 0 Å². The average Bonchev–Trinajstić information content (AvgIpc) is 2.36. The largest absolute Gasteiger partial charge is 0.352 e. The number of hydroxylamine groups is 1. The quantitative estimate of drug-likeness (QED) is 0.559. The number of carbonyl (C=O) groups is 1. The molecule has 4 nitrogen and oxygen atoms in total. The van der Waals surface area contributed by atoms with E-state index in [1.165, 1.54) is 0 Å². The van der Waals surface area contributed by atoms with Gasteiger partial charge >= 0.3 is 0 Å². The molecule has 0 radical (unpaired) electrons. The van der Waals surface area contributed by atoms with Crippen LogP contribution >= 0.6 is 0 Å². The van der Waals surface area contributed by atoms with Gasteiger partial charge in [-0.05, 0) is 18.9 Å². The van der Waals surface area contributed by atoms with Crippen molar-refractivity contribution in [3.05, 3.63) is 35.9 Å². The van der Waals surface area contributed by atoms with Crippen molar-refractivity contribution < 1.29 is 9.63 Å². The molecule has 1 atom stereocenters. The molecule has 4 heteroatoms. The lowest BCUT2D eigenvalue weighted by Crippen LogP contribution is -2.38. The van der Waals surface area contributed by atoms with Gasteiger partial charge in [0.1, 0.15) is 0 Å². The maximum absolute atomic E-state index is 11.4. The van der Waals surface area contributed by atoms with Crippen molar-refractivity contribution in [1.29, 1.82) is 0 Å². The number of hydrogen-bond acceptors (Lipinski definition) is 3. The lowest BCUT2D eigenvalue weighted by Gasteiger charge is -2.11. The molecule has 0 saturated carbocycles. The fraction of sp³-hybridized carbons (Fsp3) is 0.462. The van der Waals surface area contributed by atoms with Crippen LogP contribution in [0, 0.1) is 0 Å². The van der Waals surface area contributed by atoms with Gasteiger partial charge in [0.15, 0.2) is 0 Å². The van der Waals surface area contributed by atoms with Crippen molar-refractivity contribution in [2.24, 2.45) is 0 Å². The number of amides is 1. The van der Waals surface area contributed by atoms with Gasteiger partial charge in [-0.3, -0.25) is 9.63 Å². The number of nitrogens with one attached hydrogen (secondary N) is 2. The summed E-state index contributed by atoms with van der Waals surface area (Å²) in [4.78, 5) is 16.6. The van der Waals surface area contributed by atoms with Crippen LogP contribution in [0.3, 0.4) is 0 Å². The molecule has 0 aliphatic heterocycles. The second kappa shape index (κ2) is 7.81. The standard InChI is InChI=1S/C13H20N2O2/c1-3-11(2)15-13(16)9-14-17-10-12-7-5-4-6-8-12/h4-8,11,14H,3,9-10H2,1-2H3,(H,15,16). The van der Waals surface area contributed by atoms with Crippen LogP contribution in [-0.2, 0) is 16.2 Å². The summed E-state index contributed by atoms with van der Waals surface area (Å²) in [6.07, 6.45) is 0.927. The Balaban J connectivity index is 2.10. The number of benzene rings is 1. The predicted octanol–water partition coefficient (Wildman–Crippen LogP) is 1.62. The fourth-order valence-corrected chi connectivity index (χ4v) is 1.25. The van der Waals surface area contributed by atoms with Gasteiger partial charge in [0, 0.05) is 6.04 Å². The van der Waals surface area contributed by atoms with Gasteiger partial charge in [0.05, 0.1) is 13.2 Å². The molecule has 0 aromatic heterocycles. The Bertz CT molecular complexity index is 327. The van der Waals surface area contributed by atoms with Crippen LogP contribution in [-0.4, -0.2) is 18.5 Å². The van der Waals surface area contributed by atoms with Gasteiger partial charge in [-0.15, -0.1) is 0 Å². The zero-order valence-electron chi connectivity index (χ0n) is 10.4. The highest BCUT2D eigenvalue weighted by atomic mass is 16.6. The van der Waals surface area contributed by atoms with Crippen LogP contribution in [0.15, 0.2) is 30.3 Å². The monoisotopic (exact) mass is 236 g/mol. The van der Waals surface area contributed by atoms with Gasteiger partial charge in [-0.25, -0.2) is 0 Å². The lowest BCUT2D eigenvalue weighted by molar-refractivity contribution is -0.123. The Morgan fingerprint density at radius 2 is 2.06 bits per heavy atom. The minimum atomic E-state index is -0.0487. The van der Waals surface area contributed by atoms with Crippen LogP contribution in [0.4, 0.5) is 0 Å². The Morgan fingerprint density at radius 1 is 1.35 bits per heavy atom. The molecular weight excluding hydrogens is 216 g/mol. The molecular formula is C13H20N2O2. The van der Waals surface area contributed by atoms with Crippen molar-refractivity contribution in [2.75, 3.05) is 6.54 Å². The fourth-order valence-electron chi connectivity index (χ4n) is 1.25. The van der Waals surface area contributed by atoms with Crippen molar-refractivity contribution in [3.63, 3.8) is 0 Å². The zero-order chi connectivity index (χ0) is 12.5. The molecule has 0 heterocycles. The van der Waals surface area contributed by atoms with Crippen LogP contribution in [0.25, 0.3) is 0 Å². The first kappa shape index (κ1) is 13.7. The molecule has 0 saturated heterocycles. The summed E-state index contributed by atoms with van der Waals surface area (Å²) in [5, 5.41) is 2.85.